The van der Waals surface area contributed by atoms with Crippen LogP contribution in [0.3, 0.4) is 0 Å². The van der Waals surface area contributed by atoms with Crippen molar-refractivity contribution in [1.82, 2.24) is 4.57 Å². The largest absolute Gasteiger partial charge is 0.494 e. The van der Waals surface area contributed by atoms with E-state index in [4.69, 9.17) is 16.3 Å². The van der Waals surface area contributed by atoms with E-state index in [-0.39, 0.29) is 11.8 Å². The van der Waals surface area contributed by atoms with Crippen LogP contribution in [0, 0.1) is 0 Å². The normalized spacial score (nSPS) is 10.9. The summed E-state index contributed by atoms with van der Waals surface area (Å²) in [4.78, 5) is 12.0. The van der Waals surface area contributed by atoms with Crippen molar-refractivity contribution in [3.05, 3.63) is 106 Å². The van der Waals surface area contributed by atoms with E-state index >= 15 is 0 Å². The molecule has 0 bridgehead atoms. The van der Waals surface area contributed by atoms with Crippen molar-refractivity contribution in [2.45, 2.75) is 20.4 Å². The molecular weight excluding hydrogens is 422 g/mol. The monoisotopic (exact) mass is 445 g/mol. The van der Waals surface area contributed by atoms with Crippen LogP contribution in [0.5, 0.6) is 5.88 Å². The average Bonchev–Trinajstić information content (AvgIpc) is 3.06. The number of aromatic hydroxyl groups is 1. The third kappa shape index (κ3) is 4.02. The Morgan fingerprint density at radius 2 is 1.69 bits per heavy atom. The Kier molecular flexibility index (Phi) is 6.06. The minimum atomic E-state index is -0.385. The van der Waals surface area contributed by atoms with E-state index < -0.39 is 0 Å². The molecule has 4 nitrogen and oxygen atoms in total. The second-order valence-electron chi connectivity index (χ2n) is 7.88. The van der Waals surface area contributed by atoms with Crippen LogP contribution < -0.4 is 0 Å². The number of halogens is 1. The highest BCUT2D eigenvalue weighted by atomic mass is 35.5. The molecule has 4 rings (SSSR count). The van der Waals surface area contributed by atoms with Crippen LogP contribution in [-0.2, 0) is 11.3 Å². The highest BCUT2D eigenvalue weighted by Crippen LogP contribution is 2.41. The summed E-state index contributed by atoms with van der Waals surface area (Å²) in [7, 11) is 1.37. The lowest BCUT2D eigenvalue weighted by Gasteiger charge is -2.12. The summed E-state index contributed by atoms with van der Waals surface area (Å²) in [6, 6.07) is 22.8. The molecule has 0 fully saturated rings. The predicted molar refractivity (Wildman–Crippen MR) is 129 cm³/mol. The molecule has 0 aliphatic heterocycles. The Morgan fingerprint density at radius 3 is 2.38 bits per heavy atom. The van der Waals surface area contributed by atoms with Crippen LogP contribution in [0.2, 0.25) is 5.02 Å². The molecule has 0 saturated heterocycles. The quantitative estimate of drug-likeness (QED) is 0.349. The number of aromatic nitrogens is 1. The molecule has 32 heavy (non-hydrogen) atoms. The molecule has 0 radical (unpaired) electrons. The maximum absolute atomic E-state index is 12.0. The first-order valence-electron chi connectivity index (χ1n) is 10.3. The molecule has 0 spiro atoms. The number of esters is 1. The van der Waals surface area contributed by atoms with Crippen molar-refractivity contribution < 1.29 is 14.6 Å². The van der Waals surface area contributed by atoms with Gasteiger partial charge in [-0.2, -0.15) is 0 Å². The maximum atomic E-state index is 12.0. The fraction of sp³-hybridized carbons (Fsp3) is 0.148. The summed E-state index contributed by atoms with van der Waals surface area (Å²) >= 11 is 6.11. The van der Waals surface area contributed by atoms with E-state index in [9.17, 15) is 9.90 Å². The van der Waals surface area contributed by atoms with Gasteiger partial charge in [-0.05, 0) is 60.9 Å². The standard InChI is InChI=1S/C27H24ClNO3/c1-17(2)24(19-11-13-21(28)14-12-19)25-22-9-4-5-10-23(22)29(26(25)30)16-18-7-6-8-20(15-18)27(31)32-3/h4-15,30H,16H2,1-3H3. The van der Waals surface area contributed by atoms with Crippen LogP contribution >= 0.6 is 11.6 Å². The third-order valence-electron chi connectivity index (χ3n) is 5.52. The minimum Gasteiger partial charge on any atom is -0.494 e. The molecule has 162 valence electrons. The second-order valence-corrected chi connectivity index (χ2v) is 8.31. The Bertz CT molecular complexity index is 1330. The van der Waals surface area contributed by atoms with Crippen molar-refractivity contribution in [3.8, 4) is 5.88 Å². The maximum Gasteiger partial charge on any atom is 0.337 e. The summed E-state index contributed by atoms with van der Waals surface area (Å²) in [5.41, 5.74) is 6.10. The lowest BCUT2D eigenvalue weighted by Crippen LogP contribution is -2.04. The number of benzene rings is 3. The van der Waals surface area contributed by atoms with Gasteiger partial charge in [0.15, 0.2) is 0 Å². The lowest BCUT2D eigenvalue weighted by molar-refractivity contribution is 0.0600. The van der Waals surface area contributed by atoms with E-state index in [1.54, 1.807) is 12.1 Å². The van der Waals surface area contributed by atoms with Crippen molar-refractivity contribution >= 4 is 34.0 Å². The van der Waals surface area contributed by atoms with Gasteiger partial charge in [-0.15, -0.1) is 0 Å². The lowest BCUT2D eigenvalue weighted by atomic mass is 9.93. The number of rotatable bonds is 5. The molecular formula is C27H24ClNO3. The Hall–Kier alpha value is -3.50. The van der Waals surface area contributed by atoms with Gasteiger partial charge < -0.3 is 14.4 Å². The Labute approximate surface area is 192 Å². The van der Waals surface area contributed by atoms with Crippen LogP contribution in [0.1, 0.15) is 40.9 Å². The van der Waals surface area contributed by atoms with Crippen molar-refractivity contribution in [2.75, 3.05) is 7.11 Å². The average molecular weight is 446 g/mol. The Balaban J connectivity index is 1.89. The van der Waals surface area contributed by atoms with Gasteiger partial charge in [-0.1, -0.05) is 59.6 Å². The number of carbonyl (C=O) groups is 1. The zero-order valence-electron chi connectivity index (χ0n) is 18.2. The molecule has 1 heterocycles. The van der Waals surface area contributed by atoms with Crippen molar-refractivity contribution in [3.63, 3.8) is 0 Å². The first kappa shape index (κ1) is 21.7. The molecule has 0 amide bonds. The SMILES string of the molecule is COC(=O)c1cccc(Cn2c(O)c(C(=C(C)C)c3ccc(Cl)cc3)c3ccccc32)c1. The summed E-state index contributed by atoms with van der Waals surface area (Å²) in [6.07, 6.45) is 0. The molecule has 0 aliphatic rings. The highest BCUT2D eigenvalue weighted by molar-refractivity contribution is 6.30. The van der Waals surface area contributed by atoms with E-state index in [0.717, 1.165) is 38.7 Å². The van der Waals surface area contributed by atoms with Gasteiger partial charge in [0, 0.05) is 10.4 Å². The van der Waals surface area contributed by atoms with Crippen LogP contribution in [0.15, 0.2) is 78.4 Å². The molecule has 0 atom stereocenters. The van der Waals surface area contributed by atoms with Gasteiger partial charge in [0.25, 0.3) is 0 Å². The number of para-hydroxylation sites is 1. The number of hydrogen-bond donors (Lipinski definition) is 1. The number of nitrogens with zero attached hydrogens (tertiary/aromatic N) is 1. The van der Waals surface area contributed by atoms with Gasteiger partial charge in [-0.25, -0.2) is 4.79 Å². The van der Waals surface area contributed by atoms with Gasteiger partial charge in [0.1, 0.15) is 0 Å². The summed E-state index contributed by atoms with van der Waals surface area (Å²) in [6.45, 7) is 4.48. The molecule has 0 aliphatic carbocycles. The zero-order valence-corrected chi connectivity index (χ0v) is 19.0. The number of carbonyl (C=O) groups excluding carboxylic acids is 1. The van der Waals surface area contributed by atoms with E-state index in [1.807, 2.05) is 79.1 Å². The number of fused-ring (bicyclic) bond motifs is 1. The number of hydrogen-bond acceptors (Lipinski definition) is 3. The van der Waals surface area contributed by atoms with E-state index in [2.05, 4.69) is 0 Å². The smallest absolute Gasteiger partial charge is 0.337 e. The highest BCUT2D eigenvalue weighted by Gasteiger charge is 2.22. The molecule has 1 N–H and O–H groups in total. The van der Waals surface area contributed by atoms with E-state index in [1.165, 1.54) is 7.11 Å². The topological polar surface area (TPSA) is 51.5 Å². The second kappa shape index (κ2) is 8.93. The van der Waals surface area contributed by atoms with Gasteiger partial charge in [0.2, 0.25) is 5.88 Å². The molecule has 4 aromatic rings. The van der Waals surface area contributed by atoms with Gasteiger partial charge in [0.05, 0.1) is 30.3 Å². The fourth-order valence-electron chi connectivity index (χ4n) is 4.09. The minimum absolute atomic E-state index is 0.181. The fourth-order valence-corrected chi connectivity index (χ4v) is 4.22. The van der Waals surface area contributed by atoms with Crippen LogP contribution in [-0.4, -0.2) is 22.8 Å². The molecule has 3 aromatic carbocycles. The molecule has 5 heteroatoms. The van der Waals surface area contributed by atoms with Crippen molar-refractivity contribution in [1.29, 1.82) is 0 Å². The molecule has 0 saturated carbocycles. The molecule has 0 unspecified atom stereocenters. The zero-order chi connectivity index (χ0) is 22.8. The number of ether oxygens (including phenoxy) is 1. The van der Waals surface area contributed by atoms with Crippen LogP contribution in [0.25, 0.3) is 16.5 Å². The molecule has 1 aromatic heterocycles. The third-order valence-corrected chi connectivity index (χ3v) is 5.77. The summed E-state index contributed by atoms with van der Waals surface area (Å²) in [5.74, 6) is -0.204. The number of methoxy groups -OCH3 is 1. The van der Waals surface area contributed by atoms with Crippen LogP contribution in [0.4, 0.5) is 0 Å². The van der Waals surface area contributed by atoms with E-state index in [0.29, 0.717) is 17.1 Å². The predicted octanol–water partition coefficient (Wildman–Crippen LogP) is 6.68. The van der Waals surface area contributed by atoms with Crippen molar-refractivity contribution in [2.24, 2.45) is 0 Å². The van der Waals surface area contributed by atoms with Gasteiger partial charge >= 0.3 is 5.97 Å². The summed E-state index contributed by atoms with van der Waals surface area (Å²) < 4.78 is 6.72. The summed E-state index contributed by atoms with van der Waals surface area (Å²) in [5, 5.41) is 13.1. The first-order valence-corrected chi connectivity index (χ1v) is 10.7. The number of allylic oxidation sites excluding steroid dienone is 1. The Morgan fingerprint density at radius 1 is 0.969 bits per heavy atom. The van der Waals surface area contributed by atoms with Gasteiger partial charge in [-0.3, -0.25) is 0 Å². The first-order chi connectivity index (χ1) is 15.4.